The van der Waals surface area contributed by atoms with E-state index < -0.39 is 29.9 Å². The van der Waals surface area contributed by atoms with Gasteiger partial charge in [0.25, 0.3) is 5.56 Å². The molecule has 0 spiro atoms. The second-order valence-corrected chi connectivity index (χ2v) is 10.7. The van der Waals surface area contributed by atoms with E-state index in [2.05, 4.69) is 21.3 Å². The summed E-state index contributed by atoms with van der Waals surface area (Å²) in [5, 5.41) is 12.0. The Labute approximate surface area is 258 Å². The minimum absolute atomic E-state index is 0.0517. The van der Waals surface area contributed by atoms with Gasteiger partial charge in [0.05, 0.1) is 43.5 Å². The quantitative estimate of drug-likeness (QED) is 0.252. The van der Waals surface area contributed by atoms with Crippen LogP contribution in [0.15, 0.2) is 77.7 Å². The molecule has 1 aliphatic heterocycles. The summed E-state index contributed by atoms with van der Waals surface area (Å²) in [6, 6.07) is 19.3. The Morgan fingerprint density at radius 2 is 1.82 bits per heavy atom. The van der Waals surface area contributed by atoms with Crippen LogP contribution in [-0.2, 0) is 16.1 Å². The van der Waals surface area contributed by atoms with E-state index in [1.165, 1.54) is 35.0 Å². The lowest BCUT2D eigenvalue weighted by Crippen LogP contribution is -2.36. The van der Waals surface area contributed by atoms with Crippen LogP contribution in [-0.4, -0.2) is 54.2 Å². The molecule has 45 heavy (non-hydrogen) atoms. The van der Waals surface area contributed by atoms with Gasteiger partial charge in [-0.15, -0.1) is 0 Å². The van der Waals surface area contributed by atoms with E-state index in [4.69, 9.17) is 4.74 Å². The Morgan fingerprint density at radius 1 is 1.07 bits per heavy atom. The number of carbonyl (C=O) groups excluding carboxylic acids is 2. The first-order valence-electron chi connectivity index (χ1n) is 14.6. The van der Waals surface area contributed by atoms with Crippen LogP contribution in [0.3, 0.4) is 0 Å². The number of hydrogen-bond donors (Lipinski definition) is 1. The van der Waals surface area contributed by atoms with Gasteiger partial charge in [0.2, 0.25) is 5.91 Å². The second-order valence-electron chi connectivity index (χ2n) is 10.7. The molecular formula is C34H31F2N5O4. The highest BCUT2D eigenvalue weighted by molar-refractivity contribution is 6.09. The van der Waals surface area contributed by atoms with E-state index in [0.717, 1.165) is 5.69 Å². The van der Waals surface area contributed by atoms with Crippen LogP contribution in [0.5, 0.6) is 0 Å². The first-order chi connectivity index (χ1) is 21.8. The van der Waals surface area contributed by atoms with Crippen molar-refractivity contribution in [1.82, 2.24) is 9.55 Å². The summed E-state index contributed by atoms with van der Waals surface area (Å²) in [5.41, 5.74) is 2.11. The lowest BCUT2D eigenvalue weighted by atomic mass is 9.99. The standard InChI is InChI=1S/C34H31F2N5O4/c1-2-24(18-35)33(43)39-30-20-38-32(26-5-3-4-22(14-26)19-37)41(34(30)44)21-23-15-27(31(42)25-6-8-28(36)9-7-25)17-29(16-23)40-10-12-45-13-11-40/h3-9,14-17,20,24H,2,10-13,18,21H2,1H3,(H,39,43)/t24-/m0/s1. The summed E-state index contributed by atoms with van der Waals surface area (Å²) in [7, 11) is 0. The average molecular weight is 612 g/mol. The number of alkyl halides is 1. The molecule has 3 aromatic carbocycles. The van der Waals surface area contributed by atoms with Gasteiger partial charge in [0, 0.05) is 35.5 Å². The molecule has 0 bridgehead atoms. The Morgan fingerprint density at radius 3 is 2.51 bits per heavy atom. The summed E-state index contributed by atoms with van der Waals surface area (Å²) >= 11 is 0. The molecular weight excluding hydrogens is 580 g/mol. The SMILES string of the molecule is CC[C@@H](CF)C(=O)Nc1cnc(-c2cccc(C#N)c2)n(Cc2cc(C(=O)c3ccc(F)cc3)cc(N3CCOCC3)c2)c1=O. The van der Waals surface area contributed by atoms with Crippen molar-refractivity contribution in [2.45, 2.75) is 19.9 Å². The van der Waals surface area contributed by atoms with Gasteiger partial charge in [-0.05, 0) is 66.6 Å². The molecule has 4 aromatic rings. The number of rotatable bonds is 10. The van der Waals surface area contributed by atoms with Gasteiger partial charge >= 0.3 is 0 Å². The van der Waals surface area contributed by atoms with Crippen molar-refractivity contribution in [3.8, 4) is 17.5 Å². The first-order valence-corrected chi connectivity index (χ1v) is 14.6. The monoisotopic (exact) mass is 611 g/mol. The maximum atomic E-state index is 13.9. The van der Waals surface area contributed by atoms with Crippen molar-refractivity contribution in [3.05, 3.63) is 111 Å². The fraction of sp³-hybridized carbons (Fsp3) is 0.265. The fourth-order valence-electron chi connectivity index (χ4n) is 5.13. The fourth-order valence-corrected chi connectivity index (χ4v) is 5.13. The van der Waals surface area contributed by atoms with Gasteiger partial charge in [0.15, 0.2) is 5.78 Å². The normalized spacial score (nSPS) is 13.6. The average Bonchev–Trinajstić information content (AvgIpc) is 3.07. The highest BCUT2D eigenvalue weighted by Crippen LogP contribution is 2.25. The maximum absolute atomic E-state index is 13.9. The van der Waals surface area contributed by atoms with Crippen LogP contribution >= 0.6 is 0 Å². The minimum atomic E-state index is -0.921. The topological polar surface area (TPSA) is 117 Å². The lowest BCUT2D eigenvalue weighted by molar-refractivity contribution is -0.120. The predicted octanol–water partition coefficient (Wildman–Crippen LogP) is 4.97. The molecule has 1 fully saturated rings. The highest BCUT2D eigenvalue weighted by atomic mass is 19.1. The zero-order chi connectivity index (χ0) is 31.9. The summed E-state index contributed by atoms with van der Waals surface area (Å²) in [6.45, 7) is 2.96. The largest absolute Gasteiger partial charge is 0.378 e. The van der Waals surface area contributed by atoms with E-state index >= 15 is 0 Å². The molecule has 5 rings (SSSR count). The number of aromatic nitrogens is 2. The van der Waals surface area contributed by atoms with Gasteiger partial charge in [-0.1, -0.05) is 19.1 Å². The van der Waals surface area contributed by atoms with Crippen molar-refractivity contribution < 1.29 is 23.1 Å². The Kier molecular flexibility index (Phi) is 9.75. The van der Waals surface area contributed by atoms with Crippen LogP contribution < -0.4 is 15.8 Å². The van der Waals surface area contributed by atoms with Crippen LogP contribution in [0, 0.1) is 23.1 Å². The first kappa shape index (κ1) is 31.2. The van der Waals surface area contributed by atoms with E-state index in [9.17, 15) is 28.4 Å². The number of nitrogens with one attached hydrogen (secondary N) is 1. The Bertz CT molecular complexity index is 1810. The molecule has 0 radical (unpaired) electrons. The molecule has 1 amide bonds. The molecule has 1 saturated heterocycles. The second kappa shape index (κ2) is 14.1. The number of hydrogen-bond acceptors (Lipinski definition) is 7. The Balaban J connectivity index is 1.63. The minimum Gasteiger partial charge on any atom is -0.378 e. The van der Waals surface area contributed by atoms with Crippen LogP contribution in [0.25, 0.3) is 11.4 Å². The van der Waals surface area contributed by atoms with Crippen molar-refractivity contribution >= 4 is 23.1 Å². The number of ketones is 1. The smallest absolute Gasteiger partial charge is 0.277 e. The molecule has 0 saturated carbocycles. The number of nitrogens with zero attached hydrogens (tertiary/aromatic N) is 4. The lowest BCUT2D eigenvalue weighted by Gasteiger charge is -2.29. The van der Waals surface area contributed by atoms with Gasteiger partial charge in [0.1, 0.15) is 24.0 Å². The number of amides is 1. The molecule has 1 aromatic heterocycles. The van der Waals surface area contributed by atoms with Gasteiger partial charge < -0.3 is 15.0 Å². The molecule has 2 heterocycles. The van der Waals surface area contributed by atoms with Crippen molar-refractivity contribution in [1.29, 1.82) is 5.26 Å². The highest BCUT2D eigenvalue weighted by Gasteiger charge is 2.22. The van der Waals surface area contributed by atoms with Crippen LogP contribution in [0.4, 0.5) is 20.2 Å². The van der Waals surface area contributed by atoms with E-state index in [0.29, 0.717) is 54.1 Å². The summed E-state index contributed by atoms with van der Waals surface area (Å²) in [6.07, 6.45) is 1.48. The number of nitriles is 1. The third kappa shape index (κ3) is 7.13. The number of halogens is 2. The molecule has 230 valence electrons. The molecule has 1 aliphatic rings. The predicted molar refractivity (Wildman–Crippen MR) is 165 cm³/mol. The van der Waals surface area contributed by atoms with Crippen molar-refractivity contribution in [2.24, 2.45) is 5.92 Å². The van der Waals surface area contributed by atoms with Gasteiger partial charge in [-0.25, -0.2) is 9.37 Å². The molecule has 0 unspecified atom stereocenters. The summed E-state index contributed by atoms with van der Waals surface area (Å²) in [4.78, 5) is 46.8. The van der Waals surface area contributed by atoms with E-state index in [1.807, 2.05) is 6.07 Å². The number of carbonyl (C=O) groups is 2. The zero-order valence-corrected chi connectivity index (χ0v) is 24.6. The van der Waals surface area contributed by atoms with E-state index in [-0.39, 0.29) is 30.3 Å². The summed E-state index contributed by atoms with van der Waals surface area (Å²) < 4.78 is 33.9. The molecule has 11 heteroatoms. The molecule has 0 aliphatic carbocycles. The summed E-state index contributed by atoms with van der Waals surface area (Å²) in [5.74, 6) is -2.10. The maximum Gasteiger partial charge on any atom is 0.277 e. The third-order valence-electron chi connectivity index (χ3n) is 7.67. The van der Waals surface area contributed by atoms with Crippen molar-refractivity contribution in [3.63, 3.8) is 0 Å². The van der Waals surface area contributed by atoms with E-state index in [1.54, 1.807) is 43.3 Å². The third-order valence-corrected chi connectivity index (χ3v) is 7.67. The van der Waals surface area contributed by atoms with Crippen LogP contribution in [0.1, 0.15) is 40.4 Å². The van der Waals surface area contributed by atoms with Gasteiger partial charge in [-0.2, -0.15) is 5.26 Å². The number of benzene rings is 3. The Hall–Kier alpha value is -5.21. The number of morpholine rings is 1. The zero-order valence-electron chi connectivity index (χ0n) is 24.6. The number of ether oxygens (including phenoxy) is 1. The number of anilines is 2. The van der Waals surface area contributed by atoms with Gasteiger partial charge in [-0.3, -0.25) is 23.3 Å². The molecule has 1 atom stereocenters. The van der Waals surface area contributed by atoms with Crippen molar-refractivity contribution in [2.75, 3.05) is 43.2 Å². The van der Waals surface area contributed by atoms with Crippen LogP contribution in [0.2, 0.25) is 0 Å². The molecule has 9 nitrogen and oxygen atoms in total. The molecule has 1 N–H and O–H groups in total.